The highest BCUT2D eigenvalue weighted by atomic mass is 35.5. The van der Waals surface area contributed by atoms with Crippen molar-refractivity contribution in [3.8, 4) is 0 Å². The Kier molecular flexibility index (Phi) is 8.11. The van der Waals surface area contributed by atoms with Crippen molar-refractivity contribution in [1.29, 1.82) is 0 Å². The van der Waals surface area contributed by atoms with E-state index in [2.05, 4.69) is 0 Å². The van der Waals surface area contributed by atoms with E-state index in [0.717, 1.165) is 0 Å². The minimum atomic E-state index is -2.55. The molecule has 0 aromatic heterocycles. The Hall–Kier alpha value is 0.560. The lowest BCUT2D eigenvalue weighted by molar-refractivity contribution is 0.178. The summed E-state index contributed by atoms with van der Waals surface area (Å²) < 4.78 is 15.9. The molecule has 0 unspecified atom stereocenters. The van der Waals surface area contributed by atoms with Crippen LogP contribution in [-0.2, 0) is 25.4 Å². The van der Waals surface area contributed by atoms with Crippen LogP contribution in [0.25, 0.3) is 0 Å². The first kappa shape index (κ1) is 14.6. The summed E-state index contributed by atoms with van der Waals surface area (Å²) in [5.74, 6) is 0. The molecule has 0 aromatic carbocycles. The lowest BCUT2D eigenvalue weighted by Crippen LogP contribution is -1.99. The average molecular weight is 259 g/mol. The molecule has 14 heavy (non-hydrogen) atoms. The van der Waals surface area contributed by atoms with Crippen molar-refractivity contribution < 1.29 is 13.6 Å². The van der Waals surface area contributed by atoms with Crippen LogP contribution in [0.4, 0.5) is 0 Å². The topological polar surface area (TPSA) is 27.7 Å². The van der Waals surface area contributed by atoms with Gasteiger partial charge in [0, 0.05) is 5.03 Å². The van der Waals surface area contributed by atoms with Crippen LogP contribution in [0.3, 0.4) is 0 Å². The molecule has 0 aliphatic carbocycles. The van der Waals surface area contributed by atoms with E-state index in [1.54, 1.807) is 13.0 Å². The van der Waals surface area contributed by atoms with Gasteiger partial charge in [0.15, 0.2) is 0 Å². The second kappa shape index (κ2) is 7.80. The molecule has 0 rings (SSSR count). The quantitative estimate of drug-likeness (QED) is 0.654. The molecule has 0 N–H and O–H groups in total. The van der Waals surface area contributed by atoms with E-state index in [4.69, 9.17) is 37.0 Å². The van der Waals surface area contributed by atoms with Gasteiger partial charge in [-0.05, 0) is 38.7 Å². The van der Waals surface area contributed by atoms with Gasteiger partial charge in [-0.15, -0.1) is 0 Å². The van der Waals surface area contributed by atoms with Crippen molar-refractivity contribution in [3.63, 3.8) is 0 Å². The van der Waals surface area contributed by atoms with Crippen LogP contribution in [0.15, 0.2) is 11.1 Å². The number of rotatable bonds is 7. The van der Waals surface area contributed by atoms with Crippen LogP contribution >= 0.6 is 18.3 Å². The third-order valence-corrected chi connectivity index (χ3v) is 3.89. The molecule has 0 aromatic rings. The van der Waals surface area contributed by atoms with Gasteiger partial charge in [0.05, 0.1) is 19.8 Å². The standard InChI is InChI=1S/C8H16ClO3PS/c1-4-10-13(14,11-5-2)12-7-6-8(3)9/h6H,4-5,7H2,1-3H3/b8-6+. The minimum Gasteiger partial charge on any atom is -0.309 e. The van der Waals surface area contributed by atoms with E-state index in [1.807, 2.05) is 13.8 Å². The number of allylic oxidation sites excluding steroid dienone is 1. The van der Waals surface area contributed by atoms with Crippen LogP contribution in [-0.4, -0.2) is 19.8 Å². The van der Waals surface area contributed by atoms with Gasteiger partial charge in [-0.25, -0.2) is 0 Å². The molecule has 0 saturated heterocycles. The predicted octanol–water partition coefficient (Wildman–Crippen LogP) is 3.44. The van der Waals surface area contributed by atoms with Gasteiger partial charge in [-0.1, -0.05) is 11.6 Å². The molecule has 0 spiro atoms. The molecule has 0 amide bonds. The monoisotopic (exact) mass is 258 g/mol. The molecule has 0 radical (unpaired) electrons. The zero-order chi connectivity index (χ0) is 11.0. The van der Waals surface area contributed by atoms with E-state index in [-0.39, 0.29) is 0 Å². The normalized spacial score (nSPS) is 13.3. The summed E-state index contributed by atoms with van der Waals surface area (Å²) >= 11 is 10.8. The Balaban J connectivity index is 4.09. The largest absolute Gasteiger partial charge is 0.327 e. The van der Waals surface area contributed by atoms with Gasteiger partial charge in [-0.2, -0.15) is 0 Å². The molecule has 0 aliphatic rings. The van der Waals surface area contributed by atoms with Crippen molar-refractivity contribution in [2.24, 2.45) is 0 Å². The van der Waals surface area contributed by atoms with E-state index in [1.165, 1.54) is 0 Å². The van der Waals surface area contributed by atoms with Crippen molar-refractivity contribution in [2.75, 3.05) is 19.8 Å². The highest BCUT2D eigenvalue weighted by Crippen LogP contribution is 2.49. The lowest BCUT2D eigenvalue weighted by Gasteiger charge is -2.19. The van der Waals surface area contributed by atoms with Gasteiger partial charge < -0.3 is 13.6 Å². The van der Waals surface area contributed by atoms with Crippen LogP contribution in [0.2, 0.25) is 0 Å². The van der Waals surface area contributed by atoms with Gasteiger partial charge in [-0.3, -0.25) is 0 Å². The van der Waals surface area contributed by atoms with Crippen LogP contribution < -0.4 is 0 Å². The Bertz CT molecular complexity index is 219. The molecule has 6 heteroatoms. The molecule has 0 atom stereocenters. The fourth-order valence-corrected chi connectivity index (χ4v) is 2.66. The van der Waals surface area contributed by atoms with E-state index < -0.39 is 6.72 Å². The Labute approximate surface area is 95.6 Å². The highest BCUT2D eigenvalue weighted by Gasteiger charge is 2.18. The molecular weight excluding hydrogens is 243 g/mol. The fourth-order valence-electron chi connectivity index (χ4n) is 0.671. The SMILES string of the molecule is CCOP(=S)(OCC)OC/C=C(\C)Cl. The Morgan fingerprint density at radius 2 is 1.79 bits per heavy atom. The summed E-state index contributed by atoms with van der Waals surface area (Å²) in [6, 6.07) is 0. The van der Waals surface area contributed by atoms with Gasteiger partial charge in [0.1, 0.15) is 0 Å². The molecule has 0 saturated carbocycles. The lowest BCUT2D eigenvalue weighted by atomic mass is 10.6. The van der Waals surface area contributed by atoms with Crippen molar-refractivity contribution in [3.05, 3.63) is 11.1 Å². The third kappa shape index (κ3) is 6.93. The predicted molar refractivity (Wildman–Crippen MR) is 63.1 cm³/mol. The van der Waals surface area contributed by atoms with Crippen molar-refractivity contribution >= 4 is 30.1 Å². The van der Waals surface area contributed by atoms with Crippen LogP contribution in [0, 0.1) is 0 Å². The maximum absolute atomic E-state index is 5.64. The third-order valence-electron chi connectivity index (χ3n) is 1.17. The summed E-state index contributed by atoms with van der Waals surface area (Å²) in [7, 11) is 0. The molecule has 0 fully saturated rings. The zero-order valence-electron chi connectivity index (χ0n) is 8.66. The molecule has 0 heterocycles. The second-order valence-electron chi connectivity index (χ2n) is 2.37. The molecule has 0 aliphatic heterocycles. The number of halogens is 1. The van der Waals surface area contributed by atoms with E-state index >= 15 is 0 Å². The summed E-state index contributed by atoms with van der Waals surface area (Å²) in [6.07, 6.45) is 1.72. The first-order valence-electron chi connectivity index (χ1n) is 4.40. The molecular formula is C8H16ClO3PS. The van der Waals surface area contributed by atoms with Crippen molar-refractivity contribution in [2.45, 2.75) is 20.8 Å². The van der Waals surface area contributed by atoms with Gasteiger partial charge >= 0.3 is 6.72 Å². The molecule has 0 bridgehead atoms. The number of hydrogen-bond donors (Lipinski definition) is 0. The average Bonchev–Trinajstić information content (AvgIpc) is 2.03. The summed E-state index contributed by atoms with van der Waals surface area (Å²) in [4.78, 5) is 0. The first-order valence-corrected chi connectivity index (χ1v) is 7.33. The molecule has 3 nitrogen and oxygen atoms in total. The van der Waals surface area contributed by atoms with Crippen molar-refractivity contribution in [1.82, 2.24) is 0 Å². The van der Waals surface area contributed by atoms with E-state index in [9.17, 15) is 0 Å². The van der Waals surface area contributed by atoms with Gasteiger partial charge in [0.2, 0.25) is 0 Å². The van der Waals surface area contributed by atoms with Crippen LogP contribution in [0.5, 0.6) is 0 Å². The smallest absolute Gasteiger partial charge is 0.309 e. The maximum Gasteiger partial charge on any atom is 0.327 e. The highest BCUT2D eigenvalue weighted by molar-refractivity contribution is 8.07. The zero-order valence-corrected chi connectivity index (χ0v) is 11.1. The number of hydrogen-bond acceptors (Lipinski definition) is 4. The summed E-state index contributed by atoms with van der Waals surface area (Å²) in [5.41, 5.74) is 0. The summed E-state index contributed by atoms with van der Waals surface area (Å²) in [6.45, 7) is 4.23. The fraction of sp³-hybridized carbons (Fsp3) is 0.750. The second-order valence-corrected chi connectivity index (χ2v) is 5.98. The minimum absolute atomic E-state index is 0.326. The first-order chi connectivity index (χ1) is 6.54. The molecule has 84 valence electrons. The van der Waals surface area contributed by atoms with E-state index in [0.29, 0.717) is 24.9 Å². The summed E-state index contributed by atoms with van der Waals surface area (Å²) in [5, 5.41) is 0.666. The Morgan fingerprint density at radius 3 is 2.14 bits per heavy atom. The maximum atomic E-state index is 5.64. The van der Waals surface area contributed by atoms with Crippen LogP contribution in [0.1, 0.15) is 20.8 Å². The Morgan fingerprint density at radius 1 is 1.29 bits per heavy atom. The van der Waals surface area contributed by atoms with Gasteiger partial charge in [0.25, 0.3) is 0 Å².